The zero-order valence-corrected chi connectivity index (χ0v) is 13.3. The number of nitrogens with zero attached hydrogens (tertiary/aromatic N) is 1. The molecule has 2 atom stereocenters. The lowest BCUT2D eigenvalue weighted by molar-refractivity contribution is -0.138. The van der Waals surface area contributed by atoms with E-state index in [1.54, 1.807) is 0 Å². The lowest BCUT2D eigenvalue weighted by Gasteiger charge is -2.25. The number of alkyl halides is 3. The Balaban J connectivity index is 2.19. The maximum absolute atomic E-state index is 12.7. The highest BCUT2D eigenvalue weighted by molar-refractivity contribution is 5.90. The van der Waals surface area contributed by atoms with Gasteiger partial charge in [0.05, 0.1) is 23.9 Å². The minimum Gasteiger partial charge on any atom is -0.481 e. The quantitative estimate of drug-likeness (QED) is 0.841. The van der Waals surface area contributed by atoms with Crippen LogP contribution in [0.1, 0.15) is 30.0 Å². The molecule has 0 unspecified atom stereocenters. The second-order valence-corrected chi connectivity index (χ2v) is 5.81. The molecule has 1 aromatic carbocycles. The molecule has 1 aromatic rings. The van der Waals surface area contributed by atoms with Crippen LogP contribution in [0.25, 0.3) is 0 Å². The standard InChI is InChI=1S/C16H17F3N2O4/c1-21-12(22)8-11(15(25)20-7-6-13(23)24)14(21)9-2-4-10(5-3-9)16(17,18)19/h2-5,11,14H,6-8H2,1H3,(H,20,25)(H,23,24)/t11-,14+/m0/s1. The van der Waals surface area contributed by atoms with Crippen LogP contribution in [0.2, 0.25) is 0 Å². The number of hydrogen-bond acceptors (Lipinski definition) is 3. The van der Waals surface area contributed by atoms with Crippen molar-refractivity contribution in [1.82, 2.24) is 10.2 Å². The Kier molecular flexibility index (Phi) is 5.34. The normalized spacial score (nSPS) is 20.6. The van der Waals surface area contributed by atoms with Crippen LogP contribution in [0.3, 0.4) is 0 Å². The topological polar surface area (TPSA) is 86.7 Å². The number of carboxylic acids is 1. The number of carbonyl (C=O) groups is 3. The van der Waals surface area contributed by atoms with E-state index in [1.807, 2.05) is 0 Å². The van der Waals surface area contributed by atoms with Gasteiger partial charge in [-0.25, -0.2) is 0 Å². The Bertz CT molecular complexity index is 673. The molecule has 0 saturated carbocycles. The number of aliphatic carboxylic acids is 1. The average Bonchev–Trinajstić information content (AvgIpc) is 2.82. The van der Waals surface area contributed by atoms with Crippen molar-refractivity contribution >= 4 is 17.8 Å². The van der Waals surface area contributed by atoms with Gasteiger partial charge in [-0.2, -0.15) is 13.2 Å². The fourth-order valence-corrected chi connectivity index (χ4v) is 2.85. The maximum Gasteiger partial charge on any atom is 0.416 e. The van der Waals surface area contributed by atoms with Crippen molar-refractivity contribution in [2.75, 3.05) is 13.6 Å². The highest BCUT2D eigenvalue weighted by Crippen LogP contribution is 2.38. The lowest BCUT2D eigenvalue weighted by Crippen LogP contribution is -2.35. The fraction of sp³-hybridized carbons (Fsp3) is 0.438. The van der Waals surface area contributed by atoms with E-state index < -0.39 is 35.6 Å². The van der Waals surface area contributed by atoms with Crippen LogP contribution < -0.4 is 5.32 Å². The first-order chi connectivity index (χ1) is 11.6. The number of rotatable bonds is 5. The van der Waals surface area contributed by atoms with E-state index in [9.17, 15) is 27.6 Å². The molecule has 136 valence electrons. The molecule has 2 amide bonds. The van der Waals surface area contributed by atoms with Crippen molar-refractivity contribution in [2.45, 2.75) is 25.1 Å². The van der Waals surface area contributed by atoms with Gasteiger partial charge < -0.3 is 15.3 Å². The molecule has 1 aliphatic rings. The van der Waals surface area contributed by atoms with Crippen LogP contribution >= 0.6 is 0 Å². The summed E-state index contributed by atoms with van der Waals surface area (Å²) in [4.78, 5) is 36.0. The second-order valence-electron chi connectivity index (χ2n) is 5.81. The van der Waals surface area contributed by atoms with E-state index in [4.69, 9.17) is 5.11 Å². The second kappa shape index (κ2) is 7.12. The van der Waals surface area contributed by atoms with Gasteiger partial charge in [-0.15, -0.1) is 0 Å². The van der Waals surface area contributed by atoms with Gasteiger partial charge in [-0.05, 0) is 17.7 Å². The van der Waals surface area contributed by atoms with Gasteiger partial charge in [0.15, 0.2) is 0 Å². The zero-order chi connectivity index (χ0) is 18.8. The third-order valence-corrected chi connectivity index (χ3v) is 4.14. The SMILES string of the molecule is CN1C(=O)C[C@H](C(=O)NCCC(=O)O)[C@H]1c1ccc(C(F)(F)F)cc1. The molecule has 2 N–H and O–H groups in total. The smallest absolute Gasteiger partial charge is 0.416 e. The van der Waals surface area contributed by atoms with E-state index in [-0.39, 0.29) is 25.3 Å². The summed E-state index contributed by atoms with van der Waals surface area (Å²) in [6.07, 6.45) is -4.81. The summed E-state index contributed by atoms with van der Waals surface area (Å²) >= 11 is 0. The first-order valence-electron chi connectivity index (χ1n) is 7.53. The third-order valence-electron chi connectivity index (χ3n) is 4.14. The molecule has 1 aliphatic heterocycles. The number of halogens is 3. The van der Waals surface area contributed by atoms with E-state index in [2.05, 4.69) is 5.32 Å². The summed E-state index contributed by atoms with van der Waals surface area (Å²) in [5, 5.41) is 11.0. The molecule has 2 rings (SSSR count). The number of amides is 2. The van der Waals surface area contributed by atoms with E-state index in [1.165, 1.54) is 24.1 Å². The van der Waals surface area contributed by atoms with Gasteiger partial charge in [0.25, 0.3) is 0 Å². The van der Waals surface area contributed by atoms with Crippen LogP contribution in [-0.2, 0) is 20.6 Å². The van der Waals surface area contributed by atoms with Gasteiger partial charge in [0, 0.05) is 20.0 Å². The Hall–Kier alpha value is -2.58. The molecule has 0 aromatic heterocycles. The molecule has 1 saturated heterocycles. The van der Waals surface area contributed by atoms with E-state index in [0.717, 1.165) is 12.1 Å². The van der Waals surface area contributed by atoms with Crippen molar-refractivity contribution in [3.63, 3.8) is 0 Å². The van der Waals surface area contributed by atoms with Gasteiger partial charge in [0.2, 0.25) is 11.8 Å². The van der Waals surface area contributed by atoms with Crippen LogP contribution in [0.15, 0.2) is 24.3 Å². The first kappa shape index (κ1) is 18.8. The number of likely N-dealkylation sites (tertiary alicyclic amines) is 1. The molecule has 0 radical (unpaired) electrons. The van der Waals surface area contributed by atoms with Crippen molar-refractivity contribution in [2.24, 2.45) is 5.92 Å². The van der Waals surface area contributed by atoms with Crippen LogP contribution in [0, 0.1) is 5.92 Å². The molecule has 9 heteroatoms. The minimum absolute atomic E-state index is 0.0810. The zero-order valence-electron chi connectivity index (χ0n) is 13.3. The van der Waals surface area contributed by atoms with Crippen LogP contribution in [0.5, 0.6) is 0 Å². The highest BCUT2D eigenvalue weighted by Gasteiger charge is 2.42. The largest absolute Gasteiger partial charge is 0.481 e. The van der Waals surface area contributed by atoms with Gasteiger partial charge in [0.1, 0.15) is 0 Å². The number of hydrogen-bond donors (Lipinski definition) is 2. The molecule has 1 fully saturated rings. The third kappa shape index (κ3) is 4.28. The molecule has 1 heterocycles. The number of carbonyl (C=O) groups excluding carboxylic acids is 2. The lowest BCUT2D eigenvalue weighted by atomic mass is 9.92. The van der Waals surface area contributed by atoms with Gasteiger partial charge in [-0.1, -0.05) is 12.1 Å². The summed E-state index contributed by atoms with van der Waals surface area (Å²) in [5.74, 6) is -2.66. The summed E-state index contributed by atoms with van der Waals surface area (Å²) < 4.78 is 38.0. The summed E-state index contributed by atoms with van der Waals surface area (Å²) in [5.41, 5.74) is -0.398. The molecule has 6 nitrogen and oxygen atoms in total. The Morgan fingerprint density at radius 3 is 2.40 bits per heavy atom. The van der Waals surface area contributed by atoms with Gasteiger partial charge in [-0.3, -0.25) is 14.4 Å². The maximum atomic E-state index is 12.7. The van der Waals surface area contributed by atoms with Crippen molar-refractivity contribution in [3.05, 3.63) is 35.4 Å². The van der Waals surface area contributed by atoms with E-state index in [0.29, 0.717) is 5.56 Å². The van der Waals surface area contributed by atoms with Crippen LogP contribution in [-0.4, -0.2) is 41.4 Å². The summed E-state index contributed by atoms with van der Waals surface area (Å²) in [7, 11) is 1.48. The highest BCUT2D eigenvalue weighted by atomic mass is 19.4. The average molecular weight is 358 g/mol. The first-order valence-corrected chi connectivity index (χ1v) is 7.53. The van der Waals surface area contributed by atoms with Gasteiger partial charge >= 0.3 is 12.1 Å². The van der Waals surface area contributed by atoms with E-state index >= 15 is 0 Å². The molecule has 0 aliphatic carbocycles. The Labute approximate surface area is 141 Å². The van der Waals surface area contributed by atoms with Crippen molar-refractivity contribution in [3.8, 4) is 0 Å². The Morgan fingerprint density at radius 1 is 1.28 bits per heavy atom. The predicted octanol–water partition coefficient (Wildman–Crippen LogP) is 1.82. The fourth-order valence-electron chi connectivity index (χ4n) is 2.85. The predicted molar refractivity (Wildman–Crippen MR) is 80.3 cm³/mol. The monoisotopic (exact) mass is 358 g/mol. The summed E-state index contributed by atoms with van der Waals surface area (Å²) in [6.45, 7) is -0.0810. The molecular weight excluding hydrogens is 341 g/mol. The number of carboxylic acid groups (broad SMARTS) is 1. The number of nitrogens with one attached hydrogen (secondary N) is 1. The van der Waals surface area contributed by atoms with Crippen molar-refractivity contribution in [1.29, 1.82) is 0 Å². The van der Waals surface area contributed by atoms with Crippen LogP contribution in [0.4, 0.5) is 13.2 Å². The molecule has 0 bridgehead atoms. The van der Waals surface area contributed by atoms with Crippen molar-refractivity contribution < 1.29 is 32.7 Å². The Morgan fingerprint density at radius 2 is 1.88 bits per heavy atom. The molecule has 25 heavy (non-hydrogen) atoms. The minimum atomic E-state index is -4.47. The summed E-state index contributed by atoms with van der Waals surface area (Å²) in [6, 6.07) is 3.62. The molecular formula is C16H17F3N2O4. The molecule has 0 spiro atoms. The number of benzene rings is 1.